The highest BCUT2D eigenvalue weighted by molar-refractivity contribution is 5.33. The van der Waals surface area contributed by atoms with Gasteiger partial charge in [0.25, 0.3) is 0 Å². The second-order valence-corrected chi connectivity index (χ2v) is 7.21. The van der Waals surface area contributed by atoms with Crippen molar-refractivity contribution in [1.82, 2.24) is 14.9 Å². The number of nitrogens with one attached hydrogen (secondary N) is 1. The van der Waals surface area contributed by atoms with Crippen molar-refractivity contribution in [3.05, 3.63) is 53.1 Å². The van der Waals surface area contributed by atoms with Crippen molar-refractivity contribution in [1.29, 1.82) is 0 Å². The van der Waals surface area contributed by atoms with Gasteiger partial charge in [0.2, 0.25) is 5.95 Å². The van der Waals surface area contributed by atoms with Crippen molar-refractivity contribution in [2.45, 2.75) is 32.2 Å². The van der Waals surface area contributed by atoms with E-state index < -0.39 is 0 Å². The van der Waals surface area contributed by atoms with Crippen LogP contribution in [0.3, 0.4) is 0 Å². The lowest BCUT2D eigenvalue weighted by molar-refractivity contribution is 0.0236. The molecule has 0 amide bonds. The third-order valence-electron chi connectivity index (χ3n) is 4.73. The van der Waals surface area contributed by atoms with Crippen molar-refractivity contribution in [2.24, 2.45) is 5.73 Å². The topological polar surface area (TPSA) is 76.3 Å². The molecule has 0 saturated carbocycles. The molecule has 0 bridgehead atoms. The number of halogens is 1. The summed E-state index contributed by atoms with van der Waals surface area (Å²) in [7, 11) is 0. The van der Waals surface area contributed by atoms with Crippen molar-refractivity contribution in [2.75, 3.05) is 31.9 Å². The molecule has 3 N–H and O–H groups in total. The highest BCUT2D eigenvalue weighted by Gasteiger charge is 2.22. The van der Waals surface area contributed by atoms with Crippen LogP contribution in [0.2, 0.25) is 0 Å². The highest BCUT2D eigenvalue weighted by atomic mass is 19.1. The first-order chi connectivity index (χ1) is 12.5. The van der Waals surface area contributed by atoms with Crippen LogP contribution in [0.5, 0.6) is 0 Å². The van der Waals surface area contributed by atoms with E-state index in [0.29, 0.717) is 19.2 Å². The quantitative estimate of drug-likeness (QED) is 0.739. The summed E-state index contributed by atoms with van der Waals surface area (Å²) >= 11 is 0. The molecule has 1 aliphatic rings. The van der Waals surface area contributed by atoms with Gasteiger partial charge < -0.3 is 15.8 Å². The lowest BCUT2D eigenvalue weighted by Gasteiger charge is -2.28. The largest absolute Gasteiger partial charge is 0.353 e. The molecule has 2 aromatic rings. The molecule has 2 heterocycles. The third-order valence-corrected chi connectivity index (χ3v) is 4.73. The summed E-state index contributed by atoms with van der Waals surface area (Å²) in [5, 5.41) is 3.32. The molecular weight excluding hydrogens is 333 g/mol. The van der Waals surface area contributed by atoms with E-state index in [1.807, 2.05) is 18.3 Å². The molecule has 1 aromatic heterocycles. The van der Waals surface area contributed by atoms with Gasteiger partial charge in [-0.25, -0.2) is 14.4 Å². The molecule has 0 atom stereocenters. The molecule has 140 valence electrons. The molecule has 1 aromatic carbocycles. The SMILES string of the molecule is CC(C)(CNc1ncc2c(n1)CN(COCN)CC2)c1ccc(F)cc1. The Bertz CT molecular complexity index is 735. The van der Waals surface area contributed by atoms with Crippen LogP contribution in [0.25, 0.3) is 0 Å². The zero-order chi connectivity index (χ0) is 18.6. The maximum absolute atomic E-state index is 13.1. The first kappa shape index (κ1) is 18.7. The Kier molecular flexibility index (Phi) is 5.80. The molecule has 0 unspecified atom stereocenters. The Balaban J connectivity index is 1.64. The molecule has 7 heteroatoms. The zero-order valence-electron chi connectivity index (χ0n) is 15.3. The number of hydrogen-bond acceptors (Lipinski definition) is 6. The van der Waals surface area contributed by atoms with Crippen molar-refractivity contribution in [3.63, 3.8) is 0 Å². The molecule has 0 saturated heterocycles. The zero-order valence-corrected chi connectivity index (χ0v) is 15.3. The standard InChI is InChI=1S/C19H26FN5O/c1-19(2,15-3-5-16(20)6-4-15)11-23-18-22-9-14-7-8-25(13-26-12-21)10-17(14)24-18/h3-6,9H,7-8,10-13,21H2,1-2H3,(H,22,23,24). The lowest BCUT2D eigenvalue weighted by atomic mass is 9.84. The van der Waals surface area contributed by atoms with E-state index in [9.17, 15) is 4.39 Å². The van der Waals surface area contributed by atoms with Crippen LogP contribution in [-0.2, 0) is 23.1 Å². The number of ether oxygens (including phenoxy) is 1. The van der Waals surface area contributed by atoms with Crippen LogP contribution in [0.15, 0.2) is 30.5 Å². The smallest absolute Gasteiger partial charge is 0.222 e. The van der Waals surface area contributed by atoms with Crippen molar-refractivity contribution in [3.8, 4) is 0 Å². The van der Waals surface area contributed by atoms with Crippen LogP contribution in [0.1, 0.15) is 30.7 Å². The first-order valence-electron chi connectivity index (χ1n) is 8.83. The predicted octanol–water partition coefficient (Wildman–Crippen LogP) is 2.25. The summed E-state index contributed by atoms with van der Waals surface area (Å²) in [5.74, 6) is 0.388. The van der Waals surface area contributed by atoms with E-state index in [1.54, 1.807) is 0 Å². The molecule has 0 aliphatic carbocycles. The number of nitrogens with two attached hydrogens (primary N) is 1. The van der Waals surface area contributed by atoms with Gasteiger partial charge in [-0.15, -0.1) is 0 Å². The maximum Gasteiger partial charge on any atom is 0.222 e. The average Bonchev–Trinajstić information content (AvgIpc) is 2.64. The normalized spacial score (nSPS) is 14.9. The number of rotatable bonds is 7. The molecule has 0 fully saturated rings. The van der Waals surface area contributed by atoms with E-state index in [0.717, 1.165) is 30.8 Å². The van der Waals surface area contributed by atoms with Crippen LogP contribution in [-0.4, -0.2) is 41.4 Å². The van der Waals surface area contributed by atoms with Gasteiger partial charge in [-0.2, -0.15) is 0 Å². The van der Waals surface area contributed by atoms with Gasteiger partial charge in [0.1, 0.15) is 12.5 Å². The molecule has 3 rings (SSSR count). The number of hydrogen-bond donors (Lipinski definition) is 2. The van der Waals surface area contributed by atoms with Gasteiger partial charge >= 0.3 is 0 Å². The van der Waals surface area contributed by atoms with Gasteiger partial charge in [-0.3, -0.25) is 4.90 Å². The van der Waals surface area contributed by atoms with Crippen molar-refractivity contribution >= 4 is 5.95 Å². The highest BCUT2D eigenvalue weighted by Crippen LogP contribution is 2.24. The third kappa shape index (κ3) is 4.55. The Hall–Kier alpha value is -2.09. The summed E-state index contributed by atoms with van der Waals surface area (Å²) < 4.78 is 18.4. The molecule has 0 spiro atoms. The summed E-state index contributed by atoms with van der Waals surface area (Å²) in [4.78, 5) is 11.3. The summed E-state index contributed by atoms with van der Waals surface area (Å²) in [6, 6.07) is 6.62. The number of nitrogens with zero attached hydrogens (tertiary/aromatic N) is 3. The second kappa shape index (κ2) is 8.07. The maximum atomic E-state index is 13.1. The molecule has 0 radical (unpaired) electrons. The lowest BCUT2D eigenvalue weighted by Crippen LogP contribution is -2.34. The van der Waals surface area contributed by atoms with Crippen molar-refractivity contribution < 1.29 is 9.13 Å². The molecule has 26 heavy (non-hydrogen) atoms. The Morgan fingerprint density at radius 2 is 2.08 bits per heavy atom. The summed E-state index contributed by atoms with van der Waals surface area (Å²) in [6.07, 6.45) is 2.81. The van der Waals surface area contributed by atoms with E-state index in [1.165, 1.54) is 17.7 Å². The van der Waals surface area contributed by atoms with Gasteiger partial charge in [-0.1, -0.05) is 26.0 Å². The molecular formula is C19H26FN5O. The van der Waals surface area contributed by atoms with E-state index in [-0.39, 0.29) is 18.0 Å². The Morgan fingerprint density at radius 1 is 1.31 bits per heavy atom. The van der Waals surface area contributed by atoms with E-state index in [2.05, 4.69) is 34.0 Å². The van der Waals surface area contributed by atoms with Crippen LogP contribution < -0.4 is 11.1 Å². The summed E-state index contributed by atoms with van der Waals surface area (Å²) in [5.41, 5.74) is 8.49. The van der Waals surface area contributed by atoms with Crippen LogP contribution in [0.4, 0.5) is 10.3 Å². The van der Waals surface area contributed by atoms with Crippen LogP contribution in [0, 0.1) is 5.82 Å². The fourth-order valence-corrected chi connectivity index (χ4v) is 3.04. The summed E-state index contributed by atoms with van der Waals surface area (Å²) in [6.45, 7) is 7.25. The second-order valence-electron chi connectivity index (χ2n) is 7.21. The number of benzene rings is 1. The van der Waals surface area contributed by atoms with Gasteiger partial charge in [0.05, 0.1) is 12.4 Å². The predicted molar refractivity (Wildman–Crippen MR) is 99.1 cm³/mol. The Labute approximate surface area is 153 Å². The fourth-order valence-electron chi connectivity index (χ4n) is 3.04. The fraction of sp³-hybridized carbons (Fsp3) is 0.474. The van der Waals surface area contributed by atoms with E-state index >= 15 is 0 Å². The first-order valence-corrected chi connectivity index (χ1v) is 8.83. The van der Waals surface area contributed by atoms with E-state index in [4.69, 9.17) is 10.5 Å². The minimum absolute atomic E-state index is 0.173. The average molecular weight is 359 g/mol. The number of fused-ring (bicyclic) bond motifs is 1. The van der Waals surface area contributed by atoms with Gasteiger partial charge in [0.15, 0.2) is 0 Å². The molecule has 6 nitrogen and oxygen atoms in total. The Morgan fingerprint density at radius 3 is 2.81 bits per heavy atom. The van der Waals surface area contributed by atoms with Gasteiger partial charge in [-0.05, 0) is 29.7 Å². The number of anilines is 1. The molecule has 1 aliphatic heterocycles. The monoisotopic (exact) mass is 359 g/mol. The minimum atomic E-state index is -0.223. The van der Waals surface area contributed by atoms with Crippen LogP contribution >= 0.6 is 0 Å². The minimum Gasteiger partial charge on any atom is -0.353 e. The van der Waals surface area contributed by atoms with Gasteiger partial charge in [0, 0.05) is 31.2 Å². The number of aromatic nitrogens is 2.